The summed E-state index contributed by atoms with van der Waals surface area (Å²) in [5.74, 6) is 1.13. The SMILES string of the molecule is Cl.Oc1ccc(C[C@H]2CCCNC2)cc1. The number of phenols is 1. The molecule has 1 saturated heterocycles. The van der Waals surface area contributed by atoms with Crippen LogP contribution < -0.4 is 5.32 Å². The Balaban J connectivity index is 0.00000112. The highest BCUT2D eigenvalue weighted by Crippen LogP contribution is 2.18. The number of nitrogens with one attached hydrogen (secondary N) is 1. The molecule has 3 heteroatoms. The van der Waals surface area contributed by atoms with Crippen LogP contribution in [0.25, 0.3) is 0 Å². The first-order chi connectivity index (χ1) is 6.84. The van der Waals surface area contributed by atoms with Crippen molar-refractivity contribution in [2.24, 2.45) is 5.92 Å². The summed E-state index contributed by atoms with van der Waals surface area (Å²) in [5, 5.41) is 12.6. The van der Waals surface area contributed by atoms with Crippen LogP contribution in [0.2, 0.25) is 0 Å². The molecule has 0 amide bonds. The Bertz CT molecular complexity index is 280. The zero-order chi connectivity index (χ0) is 9.80. The maximum atomic E-state index is 9.15. The van der Waals surface area contributed by atoms with Gasteiger partial charge in [-0.15, -0.1) is 12.4 Å². The van der Waals surface area contributed by atoms with Crippen LogP contribution in [-0.2, 0) is 6.42 Å². The first-order valence-corrected chi connectivity index (χ1v) is 5.33. The molecule has 1 aromatic rings. The predicted octanol–water partition coefficient (Wildman–Crippen LogP) is 2.36. The molecular formula is C12H18ClNO. The maximum absolute atomic E-state index is 9.15. The van der Waals surface area contributed by atoms with Crippen molar-refractivity contribution in [3.05, 3.63) is 29.8 Å². The van der Waals surface area contributed by atoms with Crippen LogP contribution in [-0.4, -0.2) is 18.2 Å². The molecule has 2 nitrogen and oxygen atoms in total. The van der Waals surface area contributed by atoms with E-state index in [1.54, 1.807) is 12.1 Å². The van der Waals surface area contributed by atoms with Crippen LogP contribution in [0.3, 0.4) is 0 Å². The highest BCUT2D eigenvalue weighted by atomic mass is 35.5. The van der Waals surface area contributed by atoms with Gasteiger partial charge >= 0.3 is 0 Å². The van der Waals surface area contributed by atoms with Crippen LogP contribution in [0.15, 0.2) is 24.3 Å². The van der Waals surface area contributed by atoms with E-state index in [-0.39, 0.29) is 12.4 Å². The topological polar surface area (TPSA) is 32.3 Å². The van der Waals surface area contributed by atoms with E-state index in [0.29, 0.717) is 5.75 Å². The first-order valence-electron chi connectivity index (χ1n) is 5.33. The van der Waals surface area contributed by atoms with Crippen LogP contribution in [0, 0.1) is 5.92 Å². The second-order valence-corrected chi connectivity index (χ2v) is 4.08. The molecule has 1 fully saturated rings. The summed E-state index contributed by atoms with van der Waals surface area (Å²) in [4.78, 5) is 0. The Labute approximate surface area is 97.1 Å². The van der Waals surface area contributed by atoms with Gasteiger partial charge in [0.25, 0.3) is 0 Å². The van der Waals surface area contributed by atoms with Gasteiger partial charge in [-0.3, -0.25) is 0 Å². The van der Waals surface area contributed by atoms with Gasteiger partial charge in [-0.2, -0.15) is 0 Å². The number of rotatable bonds is 2. The van der Waals surface area contributed by atoms with Crippen molar-refractivity contribution in [2.45, 2.75) is 19.3 Å². The van der Waals surface area contributed by atoms with Crippen molar-refractivity contribution in [1.29, 1.82) is 0 Å². The van der Waals surface area contributed by atoms with Crippen LogP contribution in [0.5, 0.6) is 5.75 Å². The van der Waals surface area contributed by atoms with E-state index in [2.05, 4.69) is 5.32 Å². The average molecular weight is 228 g/mol. The van der Waals surface area contributed by atoms with Crippen molar-refractivity contribution < 1.29 is 5.11 Å². The average Bonchev–Trinajstić information content (AvgIpc) is 2.23. The fraction of sp³-hybridized carbons (Fsp3) is 0.500. The molecule has 2 N–H and O–H groups in total. The third kappa shape index (κ3) is 3.73. The summed E-state index contributed by atoms with van der Waals surface area (Å²) in [7, 11) is 0. The summed E-state index contributed by atoms with van der Waals surface area (Å²) >= 11 is 0. The molecule has 84 valence electrons. The molecular weight excluding hydrogens is 210 g/mol. The van der Waals surface area contributed by atoms with E-state index in [9.17, 15) is 0 Å². The van der Waals surface area contributed by atoms with Gasteiger partial charge in [-0.25, -0.2) is 0 Å². The molecule has 0 aliphatic carbocycles. The van der Waals surface area contributed by atoms with Crippen molar-refractivity contribution in [1.82, 2.24) is 5.32 Å². The lowest BCUT2D eigenvalue weighted by atomic mass is 9.92. The lowest BCUT2D eigenvalue weighted by Gasteiger charge is -2.22. The first kappa shape index (κ1) is 12.3. The van der Waals surface area contributed by atoms with Crippen LogP contribution in [0.1, 0.15) is 18.4 Å². The molecule has 1 atom stereocenters. The highest BCUT2D eigenvalue weighted by Gasteiger charge is 2.12. The number of phenolic OH excluding ortho intramolecular Hbond substituents is 1. The van der Waals surface area contributed by atoms with Gasteiger partial charge in [0.15, 0.2) is 0 Å². The third-order valence-electron chi connectivity index (χ3n) is 2.86. The Hall–Kier alpha value is -0.730. The number of hydrogen-bond acceptors (Lipinski definition) is 2. The summed E-state index contributed by atoms with van der Waals surface area (Å²) in [6.07, 6.45) is 3.75. The Morgan fingerprint density at radius 1 is 1.27 bits per heavy atom. The minimum atomic E-state index is 0. The largest absolute Gasteiger partial charge is 0.508 e. The summed E-state index contributed by atoms with van der Waals surface area (Å²) in [6, 6.07) is 7.57. The molecule has 0 saturated carbocycles. The molecule has 0 radical (unpaired) electrons. The monoisotopic (exact) mass is 227 g/mol. The van der Waals surface area contributed by atoms with Gasteiger partial charge in [0, 0.05) is 0 Å². The maximum Gasteiger partial charge on any atom is 0.115 e. The van der Waals surface area contributed by atoms with E-state index >= 15 is 0 Å². The standard InChI is InChI=1S/C12H17NO.ClH/c14-12-5-3-10(4-6-12)8-11-2-1-7-13-9-11;/h3-6,11,13-14H,1-2,7-9H2;1H/t11-;/m1./s1. The lowest BCUT2D eigenvalue weighted by molar-refractivity contribution is 0.376. The predicted molar refractivity (Wildman–Crippen MR) is 64.7 cm³/mol. The quantitative estimate of drug-likeness (QED) is 0.813. The Kier molecular flexibility index (Phi) is 4.92. The molecule has 1 aliphatic rings. The molecule has 0 spiro atoms. The lowest BCUT2D eigenvalue weighted by Crippen LogP contribution is -2.30. The van der Waals surface area contributed by atoms with Gasteiger partial charge in [0.2, 0.25) is 0 Å². The fourth-order valence-corrected chi connectivity index (χ4v) is 2.06. The zero-order valence-electron chi connectivity index (χ0n) is 8.78. The van der Waals surface area contributed by atoms with Crippen molar-refractivity contribution in [2.75, 3.05) is 13.1 Å². The Morgan fingerprint density at radius 3 is 2.60 bits per heavy atom. The summed E-state index contributed by atoms with van der Waals surface area (Å²) in [6.45, 7) is 2.31. The number of halogens is 1. The Morgan fingerprint density at radius 2 is 2.00 bits per heavy atom. The normalized spacial score (nSPS) is 20.7. The molecule has 1 aliphatic heterocycles. The molecule has 0 unspecified atom stereocenters. The number of piperidine rings is 1. The minimum Gasteiger partial charge on any atom is -0.508 e. The van der Waals surface area contributed by atoms with E-state index in [1.165, 1.54) is 24.9 Å². The van der Waals surface area contributed by atoms with Crippen LogP contribution in [0.4, 0.5) is 0 Å². The summed E-state index contributed by atoms with van der Waals surface area (Å²) < 4.78 is 0. The second kappa shape index (κ2) is 5.99. The molecule has 0 aromatic heterocycles. The van der Waals surface area contributed by atoms with Crippen LogP contribution >= 0.6 is 12.4 Å². The third-order valence-corrected chi connectivity index (χ3v) is 2.86. The van der Waals surface area contributed by atoms with Crippen molar-refractivity contribution in [3.63, 3.8) is 0 Å². The molecule has 15 heavy (non-hydrogen) atoms. The van der Waals surface area contributed by atoms with Crippen molar-refractivity contribution >= 4 is 12.4 Å². The second-order valence-electron chi connectivity index (χ2n) is 4.08. The van der Waals surface area contributed by atoms with E-state index in [4.69, 9.17) is 5.11 Å². The van der Waals surface area contributed by atoms with Gasteiger partial charge in [0.1, 0.15) is 5.75 Å². The minimum absolute atomic E-state index is 0. The number of aromatic hydroxyl groups is 1. The van der Waals surface area contributed by atoms with Gasteiger partial charge in [-0.1, -0.05) is 12.1 Å². The number of hydrogen-bond donors (Lipinski definition) is 2. The fourth-order valence-electron chi connectivity index (χ4n) is 2.06. The zero-order valence-corrected chi connectivity index (χ0v) is 9.59. The summed E-state index contributed by atoms with van der Waals surface area (Å²) in [5.41, 5.74) is 1.33. The van der Waals surface area contributed by atoms with Gasteiger partial charge in [-0.05, 0) is 56.0 Å². The van der Waals surface area contributed by atoms with E-state index < -0.39 is 0 Å². The van der Waals surface area contributed by atoms with Gasteiger partial charge < -0.3 is 10.4 Å². The van der Waals surface area contributed by atoms with Gasteiger partial charge in [0.05, 0.1) is 0 Å². The number of benzene rings is 1. The van der Waals surface area contributed by atoms with E-state index in [0.717, 1.165) is 18.9 Å². The molecule has 1 aromatic carbocycles. The van der Waals surface area contributed by atoms with E-state index in [1.807, 2.05) is 12.1 Å². The molecule has 2 rings (SSSR count). The van der Waals surface area contributed by atoms with Crippen molar-refractivity contribution in [3.8, 4) is 5.75 Å². The smallest absolute Gasteiger partial charge is 0.115 e. The molecule has 1 heterocycles. The highest BCUT2D eigenvalue weighted by molar-refractivity contribution is 5.85. The molecule has 0 bridgehead atoms.